The number of fused-ring (bicyclic) bond motifs is 1. The van der Waals surface area contributed by atoms with E-state index in [1.807, 2.05) is 25.1 Å². The Hall–Kier alpha value is -3.76. The Morgan fingerprint density at radius 1 is 1.00 bits per heavy atom. The van der Waals surface area contributed by atoms with E-state index in [0.29, 0.717) is 35.4 Å². The lowest BCUT2D eigenvalue weighted by atomic mass is 10.1. The summed E-state index contributed by atoms with van der Waals surface area (Å²) in [5, 5.41) is 2.69. The van der Waals surface area contributed by atoms with Crippen molar-refractivity contribution in [1.82, 2.24) is 14.8 Å². The van der Waals surface area contributed by atoms with Gasteiger partial charge in [0.2, 0.25) is 5.91 Å². The normalized spacial score (nSPS) is 15.3. The Labute approximate surface area is 216 Å². The van der Waals surface area contributed by atoms with Gasteiger partial charge in [0, 0.05) is 31.9 Å². The van der Waals surface area contributed by atoms with Crippen LogP contribution in [0.1, 0.15) is 36.1 Å². The Morgan fingerprint density at radius 3 is 2.44 bits per heavy atom. The molecule has 36 heavy (non-hydrogen) atoms. The minimum absolute atomic E-state index is 0.0849. The molecule has 4 heterocycles. The summed E-state index contributed by atoms with van der Waals surface area (Å²) < 4.78 is 0.463. The monoisotopic (exact) mass is 523 g/mol. The molecule has 184 valence electrons. The lowest BCUT2D eigenvalue weighted by Crippen LogP contribution is -2.52. The maximum absolute atomic E-state index is 13.2. The fraction of sp³-hybridized carbons (Fsp3) is 0.240. The second-order valence-electron chi connectivity index (χ2n) is 8.49. The molecule has 2 aliphatic rings. The first-order valence-corrected chi connectivity index (χ1v) is 12.5. The van der Waals surface area contributed by atoms with Crippen LogP contribution in [0.3, 0.4) is 0 Å². The molecule has 11 heteroatoms. The Morgan fingerprint density at radius 2 is 1.75 bits per heavy atom. The lowest BCUT2D eigenvalue weighted by molar-refractivity contribution is -0.131. The zero-order valence-electron chi connectivity index (χ0n) is 19.4. The highest BCUT2D eigenvalue weighted by Gasteiger charge is 2.39. The molecule has 0 bridgehead atoms. The molecule has 3 aromatic rings. The van der Waals surface area contributed by atoms with Gasteiger partial charge in [0.25, 0.3) is 17.7 Å². The van der Waals surface area contributed by atoms with Gasteiger partial charge in [-0.2, -0.15) is 0 Å². The van der Waals surface area contributed by atoms with Crippen LogP contribution in [0.25, 0.3) is 0 Å². The van der Waals surface area contributed by atoms with Crippen molar-refractivity contribution in [3.63, 3.8) is 0 Å². The molecule has 2 aromatic heterocycles. The number of rotatable bonds is 5. The summed E-state index contributed by atoms with van der Waals surface area (Å²) in [7, 11) is 0. The number of amides is 4. The minimum Gasteiger partial charge on any atom is -0.353 e. The molecule has 1 saturated heterocycles. The van der Waals surface area contributed by atoms with Crippen LogP contribution in [0.2, 0.25) is 4.34 Å². The molecule has 0 unspecified atom stereocenters. The summed E-state index contributed by atoms with van der Waals surface area (Å²) in [4.78, 5) is 61.4. The van der Waals surface area contributed by atoms with Gasteiger partial charge < -0.3 is 15.1 Å². The van der Waals surface area contributed by atoms with Gasteiger partial charge in [-0.3, -0.25) is 24.1 Å². The number of nitrogens with zero attached hydrogens (tertiary/aromatic N) is 4. The van der Waals surface area contributed by atoms with Crippen molar-refractivity contribution < 1.29 is 19.2 Å². The molecule has 4 amide bonds. The maximum Gasteiger partial charge on any atom is 0.265 e. The number of hydrogen-bond donors (Lipinski definition) is 1. The standard InChI is InChI=1S/C25H22ClN5O4S/c1-15-4-2-7-20(27-15)29-10-12-30(13-11-29)21(32)14-31-24(34)16-5-3-6-17(22(16)25(31)35)28-23(33)18-8-9-19(26)36-18/h2-9H,10-14H2,1H3,(H,28,33). The van der Waals surface area contributed by atoms with E-state index in [1.54, 1.807) is 29.2 Å². The molecule has 9 nitrogen and oxygen atoms in total. The van der Waals surface area contributed by atoms with Crippen LogP contribution >= 0.6 is 22.9 Å². The average Bonchev–Trinajstić information content (AvgIpc) is 3.42. The lowest BCUT2D eigenvalue weighted by Gasteiger charge is -2.36. The van der Waals surface area contributed by atoms with E-state index in [0.717, 1.165) is 27.7 Å². The number of halogens is 1. The maximum atomic E-state index is 13.2. The van der Waals surface area contributed by atoms with Gasteiger partial charge in [-0.25, -0.2) is 4.98 Å². The van der Waals surface area contributed by atoms with Crippen LogP contribution in [0.4, 0.5) is 11.5 Å². The summed E-state index contributed by atoms with van der Waals surface area (Å²) in [5.41, 5.74) is 1.38. The van der Waals surface area contributed by atoms with E-state index in [9.17, 15) is 19.2 Å². The van der Waals surface area contributed by atoms with Gasteiger partial charge in [0.15, 0.2) is 0 Å². The molecule has 2 aliphatic heterocycles. The number of piperazine rings is 1. The van der Waals surface area contributed by atoms with E-state index in [1.165, 1.54) is 6.07 Å². The van der Waals surface area contributed by atoms with Gasteiger partial charge in [-0.15, -0.1) is 11.3 Å². The van der Waals surface area contributed by atoms with Crippen molar-refractivity contribution in [3.05, 3.63) is 74.6 Å². The van der Waals surface area contributed by atoms with Crippen LogP contribution < -0.4 is 10.2 Å². The summed E-state index contributed by atoms with van der Waals surface area (Å²) in [6.07, 6.45) is 0. The van der Waals surface area contributed by atoms with Crippen LogP contribution in [-0.4, -0.2) is 71.1 Å². The number of imide groups is 1. The fourth-order valence-corrected chi connectivity index (χ4v) is 5.26. The van der Waals surface area contributed by atoms with Crippen molar-refractivity contribution >= 4 is 58.1 Å². The number of hydrogen-bond acceptors (Lipinski definition) is 7. The fourth-order valence-electron chi connectivity index (χ4n) is 4.33. The van der Waals surface area contributed by atoms with Crippen molar-refractivity contribution in [2.45, 2.75) is 6.92 Å². The number of nitrogens with one attached hydrogen (secondary N) is 1. The topological polar surface area (TPSA) is 103 Å². The Balaban J connectivity index is 1.25. The van der Waals surface area contributed by atoms with Crippen molar-refractivity contribution in [3.8, 4) is 0 Å². The molecular weight excluding hydrogens is 502 g/mol. The highest BCUT2D eigenvalue weighted by molar-refractivity contribution is 7.18. The third kappa shape index (κ3) is 4.57. The molecule has 1 aromatic carbocycles. The summed E-state index contributed by atoms with van der Waals surface area (Å²) in [6, 6.07) is 13.7. The molecule has 5 rings (SSSR count). The molecule has 0 atom stereocenters. The van der Waals surface area contributed by atoms with E-state index >= 15 is 0 Å². The number of carbonyl (C=O) groups is 4. The van der Waals surface area contributed by atoms with Crippen LogP contribution in [0, 0.1) is 6.92 Å². The van der Waals surface area contributed by atoms with Gasteiger partial charge in [-0.05, 0) is 43.3 Å². The highest BCUT2D eigenvalue weighted by atomic mass is 35.5. The zero-order chi connectivity index (χ0) is 25.4. The molecule has 1 fully saturated rings. The molecule has 0 aliphatic carbocycles. The van der Waals surface area contributed by atoms with E-state index < -0.39 is 17.7 Å². The van der Waals surface area contributed by atoms with Crippen LogP contribution in [0.15, 0.2) is 48.5 Å². The number of thiophene rings is 1. The quantitative estimate of drug-likeness (QED) is 0.515. The number of aryl methyl sites for hydroxylation is 1. The van der Waals surface area contributed by atoms with Gasteiger partial charge >= 0.3 is 0 Å². The van der Waals surface area contributed by atoms with Crippen molar-refractivity contribution in [1.29, 1.82) is 0 Å². The SMILES string of the molecule is Cc1cccc(N2CCN(C(=O)CN3C(=O)c4cccc(NC(=O)c5ccc(Cl)s5)c4C3=O)CC2)n1. The summed E-state index contributed by atoms with van der Waals surface area (Å²) >= 11 is 7.02. The number of carbonyl (C=O) groups excluding carboxylic acids is 4. The van der Waals surface area contributed by atoms with Crippen molar-refractivity contribution in [2.75, 3.05) is 42.9 Å². The van der Waals surface area contributed by atoms with Crippen LogP contribution in [0.5, 0.6) is 0 Å². The van der Waals surface area contributed by atoms with Crippen LogP contribution in [-0.2, 0) is 4.79 Å². The minimum atomic E-state index is -0.606. The predicted octanol–water partition coefficient (Wildman–Crippen LogP) is 3.30. The summed E-state index contributed by atoms with van der Waals surface area (Å²) in [6.45, 7) is 3.70. The van der Waals surface area contributed by atoms with Gasteiger partial charge in [0.05, 0.1) is 26.0 Å². The van der Waals surface area contributed by atoms with Gasteiger partial charge in [0.1, 0.15) is 12.4 Å². The third-order valence-corrected chi connectivity index (χ3v) is 7.40. The molecule has 0 radical (unpaired) electrons. The van der Waals surface area contributed by atoms with Crippen molar-refractivity contribution in [2.24, 2.45) is 0 Å². The first-order valence-electron chi connectivity index (χ1n) is 11.3. The number of pyridine rings is 1. The largest absolute Gasteiger partial charge is 0.353 e. The number of aromatic nitrogens is 1. The predicted molar refractivity (Wildman–Crippen MR) is 137 cm³/mol. The van der Waals surface area contributed by atoms with E-state index in [-0.39, 0.29) is 29.3 Å². The Bertz CT molecular complexity index is 1380. The number of benzene rings is 1. The first-order chi connectivity index (χ1) is 17.3. The Kier molecular flexibility index (Phi) is 6.46. The third-order valence-electron chi connectivity index (χ3n) is 6.17. The smallest absolute Gasteiger partial charge is 0.265 e. The van der Waals surface area contributed by atoms with E-state index in [2.05, 4.69) is 15.2 Å². The molecule has 0 saturated carbocycles. The highest BCUT2D eigenvalue weighted by Crippen LogP contribution is 2.31. The second-order valence-corrected chi connectivity index (χ2v) is 10.2. The molecule has 0 spiro atoms. The zero-order valence-corrected chi connectivity index (χ0v) is 20.9. The number of anilines is 2. The summed E-state index contributed by atoms with van der Waals surface area (Å²) in [5.74, 6) is -1.04. The second kappa shape index (κ2) is 9.71. The molecule has 1 N–H and O–H groups in total. The van der Waals surface area contributed by atoms with Gasteiger partial charge in [-0.1, -0.05) is 23.7 Å². The molecular formula is C25H22ClN5O4S. The van der Waals surface area contributed by atoms with E-state index in [4.69, 9.17) is 11.6 Å². The average molecular weight is 524 g/mol. The first kappa shape index (κ1) is 24.0.